The van der Waals surface area contributed by atoms with E-state index in [1.807, 2.05) is 6.92 Å². The van der Waals surface area contributed by atoms with Gasteiger partial charge in [0.15, 0.2) is 5.78 Å². The highest BCUT2D eigenvalue weighted by Crippen LogP contribution is 2.25. The van der Waals surface area contributed by atoms with Crippen LogP contribution < -0.4 is 10.5 Å². The lowest BCUT2D eigenvalue weighted by molar-refractivity contribution is -0.134. The molecule has 30 heavy (non-hydrogen) atoms. The third-order valence-corrected chi connectivity index (χ3v) is 5.08. The third kappa shape index (κ3) is 4.74. The first-order chi connectivity index (χ1) is 14.4. The molecular weight excluding hydrogens is 382 g/mol. The Balaban J connectivity index is 1.71. The van der Waals surface area contributed by atoms with E-state index in [2.05, 4.69) is 0 Å². The van der Waals surface area contributed by atoms with Crippen molar-refractivity contribution in [3.63, 3.8) is 0 Å². The Morgan fingerprint density at radius 2 is 1.63 bits per heavy atom. The van der Waals surface area contributed by atoms with Crippen LogP contribution in [0.3, 0.4) is 0 Å². The number of hydrogen-bond acceptors (Lipinski definition) is 5. The molecule has 3 N–H and O–H groups in total. The largest absolute Gasteiger partial charge is 0.427 e. The second-order valence-corrected chi connectivity index (χ2v) is 7.26. The molecule has 1 aliphatic rings. The third-order valence-electron chi connectivity index (χ3n) is 5.08. The van der Waals surface area contributed by atoms with Crippen molar-refractivity contribution in [3.05, 3.63) is 65.2 Å². The molecule has 3 rings (SSSR count). The number of nitrogens with one attached hydrogen (secondary N) is 1. The maximum atomic E-state index is 13.0. The van der Waals surface area contributed by atoms with E-state index in [-0.39, 0.29) is 23.5 Å². The second kappa shape index (κ2) is 9.35. The number of carbonyl (C=O) groups excluding carboxylic acids is 3. The van der Waals surface area contributed by atoms with E-state index in [9.17, 15) is 14.4 Å². The fourth-order valence-corrected chi connectivity index (χ4v) is 3.51. The molecule has 7 heteroatoms. The molecule has 2 aromatic rings. The number of ether oxygens (including phenoxy) is 1. The van der Waals surface area contributed by atoms with Crippen LogP contribution in [0.5, 0.6) is 5.75 Å². The number of carbonyl (C=O) groups is 3. The van der Waals surface area contributed by atoms with Gasteiger partial charge in [-0.1, -0.05) is 19.1 Å². The van der Waals surface area contributed by atoms with Crippen LogP contribution in [-0.4, -0.2) is 41.0 Å². The molecule has 0 aliphatic carbocycles. The van der Waals surface area contributed by atoms with Gasteiger partial charge in [-0.05, 0) is 55.7 Å². The number of amides is 1. The number of nitrogen functional groups attached to an aromatic ring is 1. The molecule has 1 aliphatic heterocycles. The minimum absolute atomic E-state index is 0.0629. The molecule has 1 atom stereocenters. The van der Waals surface area contributed by atoms with Crippen molar-refractivity contribution >= 4 is 23.5 Å². The van der Waals surface area contributed by atoms with E-state index in [1.54, 1.807) is 53.4 Å². The molecule has 156 valence electrons. The number of benzene rings is 2. The lowest BCUT2D eigenvalue weighted by Gasteiger charge is -2.24. The van der Waals surface area contributed by atoms with Crippen molar-refractivity contribution in [3.8, 4) is 5.75 Å². The van der Waals surface area contributed by atoms with E-state index in [4.69, 9.17) is 15.9 Å². The first-order valence-electron chi connectivity index (χ1n) is 10.0. The molecule has 0 radical (unpaired) electrons. The van der Waals surface area contributed by atoms with Gasteiger partial charge in [-0.25, -0.2) is 0 Å². The lowest BCUT2D eigenvalue weighted by Crippen LogP contribution is -2.40. The zero-order valence-corrected chi connectivity index (χ0v) is 16.9. The number of esters is 1. The Morgan fingerprint density at radius 1 is 1.03 bits per heavy atom. The zero-order chi connectivity index (χ0) is 21.7. The predicted molar refractivity (Wildman–Crippen MR) is 113 cm³/mol. The van der Waals surface area contributed by atoms with Crippen LogP contribution in [0.15, 0.2) is 48.5 Å². The van der Waals surface area contributed by atoms with Gasteiger partial charge in [-0.2, -0.15) is 0 Å². The van der Waals surface area contributed by atoms with Crippen LogP contribution in [0.25, 0.3) is 0 Å². The van der Waals surface area contributed by atoms with Gasteiger partial charge in [0.2, 0.25) is 0 Å². The molecule has 0 bridgehead atoms. The Labute approximate surface area is 175 Å². The van der Waals surface area contributed by atoms with Gasteiger partial charge < -0.3 is 15.4 Å². The van der Waals surface area contributed by atoms with Gasteiger partial charge in [0, 0.05) is 29.7 Å². The Bertz CT molecular complexity index is 951. The smallest absolute Gasteiger partial charge is 0.311 e. The van der Waals surface area contributed by atoms with E-state index < -0.39 is 6.04 Å². The molecule has 0 spiro atoms. The molecule has 0 aromatic heterocycles. The number of nitrogens with zero attached hydrogens (tertiary/aromatic N) is 1. The maximum Gasteiger partial charge on any atom is 0.311 e. The van der Waals surface area contributed by atoms with Crippen LogP contribution in [0.1, 0.15) is 58.9 Å². The topological polar surface area (TPSA) is 114 Å². The normalized spacial score (nSPS) is 15.6. The summed E-state index contributed by atoms with van der Waals surface area (Å²) in [6, 6.07) is 12.4. The highest BCUT2D eigenvalue weighted by molar-refractivity contribution is 6.05. The van der Waals surface area contributed by atoms with Crippen molar-refractivity contribution in [1.29, 1.82) is 5.41 Å². The summed E-state index contributed by atoms with van der Waals surface area (Å²) in [5.74, 6) is -0.319. The van der Waals surface area contributed by atoms with Crippen molar-refractivity contribution in [1.82, 2.24) is 4.90 Å². The summed E-state index contributed by atoms with van der Waals surface area (Å²) >= 11 is 0. The van der Waals surface area contributed by atoms with Crippen molar-refractivity contribution in [2.45, 2.75) is 38.6 Å². The second-order valence-electron chi connectivity index (χ2n) is 7.26. The molecule has 1 amide bonds. The summed E-state index contributed by atoms with van der Waals surface area (Å²) in [5, 5.41) is 7.45. The van der Waals surface area contributed by atoms with Gasteiger partial charge in [-0.3, -0.25) is 19.8 Å². The van der Waals surface area contributed by atoms with Crippen molar-refractivity contribution in [2.24, 2.45) is 5.73 Å². The fourth-order valence-electron chi connectivity index (χ4n) is 3.51. The molecule has 7 nitrogen and oxygen atoms in total. The number of amidine groups is 1. The highest BCUT2D eigenvalue weighted by atomic mass is 16.5. The Kier molecular flexibility index (Phi) is 6.61. The first kappa shape index (κ1) is 21.2. The van der Waals surface area contributed by atoms with Gasteiger partial charge >= 0.3 is 5.97 Å². The molecule has 1 fully saturated rings. The minimum Gasteiger partial charge on any atom is -0.427 e. The molecule has 2 aromatic carbocycles. The summed E-state index contributed by atoms with van der Waals surface area (Å²) in [5.41, 5.74) is 6.93. The number of rotatable bonds is 7. The van der Waals surface area contributed by atoms with Crippen molar-refractivity contribution in [2.75, 3.05) is 6.54 Å². The quantitative estimate of drug-likeness (QED) is 0.241. The van der Waals surface area contributed by atoms with E-state index in [0.29, 0.717) is 48.2 Å². The van der Waals surface area contributed by atoms with Gasteiger partial charge in [0.05, 0.1) is 6.04 Å². The number of likely N-dealkylation sites (tertiary alicyclic amines) is 1. The van der Waals surface area contributed by atoms with E-state index in [1.165, 1.54) is 0 Å². The van der Waals surface area contributed by atoms with Crippen LogP contribution in [0.4, 0.5) is 0 Å². The molecule has 1 saturated heterocycles. The number of hydrogen-bond donors (Lipinski definition) is 2. The lowest BCUT2D eigenvalue weighted by atomic mass is 10.0. The number of ketones is 1. The molecule has 0 saturated carbocycles. The van der Waals surface area contributed by atoms with Crippen molar-refractivity contribution < 1.29 is 19.1 Å². The molecule has 1 heterocycles. The number of nitrogens with two attached hydrogens (primary N) is 1. The monoisotopic (exact) mass is 407 g/mol. The standard InChI is InChI=1S/C23H25N3O4/c1-2-4-20(27)30-18-12-10-15(11-13-18)21(28)19-5-3-14-26(19)23(29)17-8-6-16(7-9-17)22(24)25/h6-13,19H,2-5,14H2,1H3,(H3,24,25). The summed E-state index contributed by atoms with van der Waals surface area (Å²) in [6.45, 7) is 2.41. The van der Waals surface area contributed by atoms with Gasteiger partial charge in [0.1, 0.15) is 11.6 Å². The average molecular weight is 407 g/mol. The Morgan fingerprint density at radius 3 is 2.23 bits per heavy atom. The number of Topliss-reactive ketones (excluding diaryl/α,β-unsaturated/α-hetero) is 1. The maximum absolute atomic E-state index is 13.0. The SMILES string of the molecule is CCCC(=O)Oc1ccc(C(=O)C2CCCN2C(=O)c2ccc(C(=N)N)cc2)cc1. The zero-order valence-electron chi connectivity index (χ0n) is 16.9. The minimum atomic E-state index is -0.529. The van der Waals surface area contributed by atoms with Crippen LogP contribution in [-0.2, 0) is 4.79 Å². The first-order valence-corrected chi connectivity index (χ1v) is 10.0. The van der Waals surface area contributed by atoms with E-state index >= 15 is 0 Å². The van der Waals surface area contributed by atoms with Gasteiger partial charge in [-0.15, -0.1) is 0 Å². The summed E-state index contributed by atoms with van der Waals surface area (Å²) in [4.78, 5) is 39.2. The fraction of sp³-hybridized carbons (Fsp3) is 0.304. The molecular formula is C23H25N3O4. The highest BCUT2D eigenvalue weighted by Gasteiger charge is 2.35. The van der Waals surface area contributed by atoms with Crippen LogP contribution in [0.2, 0.25) is 0 Å². The summed E-state index contributed by atoms with van der Waals surface area (Å²) in [7, 11) is 0. The van der Waals surface area contributed by atoms with Crippen LogP contribution in [0, 0.1) is 5.41 Å². The Hall–Kier alpha value is -3.48. The summed E-state index contributed by atoms with van der Waals surface area (Å²) in [6.07, 6.45) is 2.40. The van der Waals surface area contributed by atoms with E-state index in [0.717, 1.165) is 6.42 Å². The molecule has 1 unspecified atom stereocenters. The average Bonchev–Trinajstić information content (AvgIpc) is 3.23. The van der Waals surface area contributed by atoms with Gasteiger partial charge in [0.25, 0.3) is 5.91 Å². The van der Waals surface area contributed by atoms with Crippen LogP contribution >= 0.6 is 0 Å². The predicted octanol–water partition coefficient (Wildman–Crippen LogP) is 3.16. The summed E-state index contributed by atoms with van der Waals surface area (Å²) < 4.78 is 5.22.